The molecule has 0 aliphatic carbocycles. The zero-order chi connectivity index (χ0) is 6.83. The fourth-order valence-electron chi connectivity index (χ4n) is 0. The summed E-state index contributed by atoms with van der Waals surface area (Å²) >= 11 is 5.19. The van der Waals surface area contributed by atoms with Gasteiger partial charge in [0.25, 0.3) is 0 Å². The van der Waals surface area contributed by atoms with Crippen LogP contribution in [0.3, 0.4) is 0 Å². The van der Waals surface area contributed by atoms with Gasteiger partial charge in [0.05, 0.1) is 0 Å². The van der Waals surface area contributed by atoms with Crippen LogP contribution in [-0.4, -0.2) is 19.0 Å². The molecule has 0 heterocycles. The lowest BCUT2D eigenvalue weighted by Gasteiger charge is -1.72. The number of alkyl halides is 1. The summed E-state index contributed by atoms with van der Waals surface area (Å²) < 4.78 is 0. The van der Waals surface area contributed by atoms with Gasteiger partial charge in [0.15, 0.2) is 0 Å². The fraction of sp³-hybridized carbons (Fsp3) is 1.00. The van der Waals surface area contributed by atoms with Crippen molar-refractivity contribution in [2.75, 3.05) is 19.0 Å². The number of nitrogens with two attached hydrogens (primary N) is 2. The first-order valence-corrected chi connectivity index (χ1v) is 3.33. The Kier molecular flexibility index (Phi) is 21.7. The standard InChI is InChI=1S/C3H7Cl.C2H8N2/c1-2-3-4;3-1-2-4/h2-3H2,1H3;1-4H2. The quantitative estimate of drug-likeness (QED) is 0.548. The molecule has 0 radical (unpaired) electrons. The van der Waals surface area contributed by atoms with Crippen molar-refractivity contribution in [1.82, 2.24) is 0 Å². The molecule has 0 fully saturated rings. The van der Waals surface area contributed by atoms with Crippen LogP contribution in [0.2, 0.25) is 0 Å². The minimum atomic E-state index is 0.597. The molecule has 0 aromatic heterocycles. The molecule has 0 aromatic rings. The molecule has 0 saturated carbocycles. The van der Waals surface area contributed by atoms with Crippen LogP contribution in [0.5, 0.6) is 0 Å². The average Bonchev–Trinajstić information content (AvgIpc) is 1.88. The second-order valence-electron chi connectivity index (χ2n) is 1.27. The van der Waals surface area contributed by atoms with E-state index in [1.54, 1.807) is 0 Å². The van der Waals surface area contributed by atoms with Crippen molar-refractivity contribution in [1.29, 1.82) is 0 Å². The van der Waals surface area contributed by atoms with E-state index in [2.05, 4.69) is 0 Å². The zero-order valence-corrected chi connectivity index (χ0v) is 6.12. The zero-order valence-electron chi connectivity index (χ0n) is 5.36. The van der Waals surface area contributed by atoms with Gasteiger partial charge in [0.1, 0.15) is 0 Å². The molecule has 0 atom stereocenters. The summed E-state index contributed by atoms with van der Waals surface area (Å²) in [7, 11) is 0. The van der Waals surface area contributed by atoms with Crippen LogP contribution in [-0.2, 0) is 0 Å². The van der Waals surface area contributed by atoms with Crippen molar-refractivity contribution in [2.45, 2.75) is 13.3 Å². The summed E-state index contributed by atoms with van der Waals surface area (Å²) in [6.45, 7) is 3.24. The number of hydrogen-bond acceptors (Lipinski definition) is 2. The maximum Gasteiger partial charge on any atom is 0.0220 e. The van der Waals surface area contributed by atoms with Crippen LogP contribution in [0.15, 0.2) is 0 Å². The van der Waals surface area contributed by atoms with Crippen molar-refractivity contribution in [2.24, 2.45) is 11.5 Å². The van der Waals surface area contributed by atoms with Gasteiger partial charge >= 0.3 is 0 Å². The van der Waals surface area contributed by atoms with Crippen LogP contribution < -0.4 is 11.5 Å². The van der Waals surface area contributed by atoms with E-state index < -0.39 is 0 Å². The fourth-order valence-corrected chi connectivity index (χ4v) is 0. The van der Waals surface area contributed by atoms with Crippen LogP contribution in [0.25, 0.3) is 0 Å². The monoisotopic (exact) mass is 138 g/mol. The molecule has 0 amide bonds. The third-order valence-electron chi connectivity index (χ3n) is 0.356. The maximum atomic E-state index is 5.19. The van der Waals surface area contributed by atoms with Crippen LogP contribution >= 0.6 is 11.6 Å². The van der Waals surface area contributed by atoms with Crippen molar-refractivity contribution >= 4 is 11.6 Å². The van der Waals surface area contributed by atoms with Gasteiger partial charge in [-0.25, -0.2) is 0 Å². The van der Waals surface area contributed by atoms with E-state index in [4.69, 9.17) is 23.1 Å². The van der Waals surface area contributed by atoms with Crippen molar-refractivity contribution < 1.29 is 0 Å². The lowest BCUT2D eigenvalue weighted by Crippen LogP contribution is -2.11. The Morgan fingerprint density at radius 1 is 1.25 bits per heavy atom. The SMILES string of the molecule is CCCCl.NCCN. The molecule has 0 aliphatic rings. The van der Waals surface area contributed by atoms with Gasteiger partial charge in [0, 0.05) is 19.0 Å². The van der Waals surface area contributed by atoms with Gasteiger partial charge in [-0.1, -0.05) is 6.92 Å². The Bertz CT molecular complexity index is 18.4. The molecule has 4 N–H and O–H groups in total. The summed E-state index contributed by atoms with van der Waals surface area (Å²) in [5, 5.41) is 0. The van der Waals surface area contributed by atoms with Gasteiger partial charge in [-0.3, -0.25) is 0 Å². The smallest absolute Gasteiger partial charge is 0.0220 e. The molecule has 2 nitrogen and oxygen atoms in total. The molecular formula is C5H15ClN2. The summed E-state index contributed by atoms with van der Waals surface area (Å²) in [5.41, 5.74) is 9.81. The molecule has 0 aromatic carbocycles. The first kappa shape index (κ1) is 11.1. The number of hydrogen-bond donors (Lipinski definition) is 2. The molecule has 52 valence electrons. The van der Waals surface area contributed by atoms with E-state index >= 15 is 0 Å². The van der Waals surface area contributed by atoms with Gasteiger partial charge < -0.3 is 11.5 Å². The highest BCUT2D eigenvalue weighted by Gasteiger charge is 1.59. The third-order valence-corrected chi connectivity index (χ3v) is 0.734. The first-order valence-electron chi connectivity index (χ1n) is 2.79. The summed E-state index contributed by atoms with van der Waals surface area (Å²) in [6.07, 6.45) is 1.08. The largest absolute Gasteiger partial charge is 0.329 e. The number of halogens is 1. The highest BCUT2D eigenvalue weighted by Crippen LogP contribution is 1.75. The van der Waals surface area contributed by atoms with Crippen LogP contribution in [0, 0.1) is 0 Å². The van der Waals surface area contributed by atoms with E-state index in [-0.39, 0.29) is 0 Å². The van der Waals surface area contributed by atoms with Gasteiger partial charge in [-0.15, -0.1) is 11.6 Å². The Morgan fingerprint density at radius 2 is 1.50 bits per heavy atom. The van der Waals surface area contributed by atoms with E-state index in [0.717, 1.165) is 12.3 Å². The highest BCUT2D eigenvalue weighted by molar-refractivity contribution is 6.17. The van der Waals surface area contributed by atoms with E-state index in [1.807, 2.05) is 6.92 Å². The highest BCUT2D eigenvalue weighted by atomic mass is 35.5. The van der Waals surface area contributed by atoms with Crippen LogP contribution in [0.1, 0.15) is 13.3 Å². The Morgan fingerprint density at radius 3 is 1.50 bits per heavy atom. The molecule has 0 bridgehead atoms. The van der Waals surface area contributed by atoms with Gasteiger partial charge in [-0.05, 0) is 6.42 Å². The van der Waals surface area contributed by atoms with Gasteiger partial charge in [-0.2, -0.15) is 0 Å². The second-order valence-corrected chi connectivity index (χ2v) is 1.64. The van der Waals surface area contributed by atoms with Crippen molar-refractivity contribution in [3.05, 3.63) is 0 Å². The average molecular weight is 139 g/mol. The summed E-state index contributed by atoms with van der Waals surface area (Å²) in [4.78, 5) is 0. The molecule has 0 saturated heterocycles. The molecule has 0 aliphatic heterocycles. The molecular weight excluding hydrogens is 124 g/mol. The molecule has 8 heavy (non-hydrogen) atoms. The normalized spacial score (nSPS) is 7.50. The summed E-state index contributed by atoms with van der Waals surface area (Å²) in [5.74, 6) is 0.792. The minimum absolute atomic E-state index is 0.597. The lowest BCUT2D eigenvalue weighted by atomic mass is 10.6. The molecule has 3 heteroatoms. The Hall–Kier alpha value is 0.210. The van der Waals surface area contributed by atoms with Crippen molar-refractivity contribution in [3.8, 4) is 0 Å². The van der Waals surface area contributed by atoms with Crippen LogP contribution in [0.4, 0.5) is 0 Å². The number of rotatable bonds is 2. The van der Waals surface area contributed by atoms with E-state index in [0.29, 0.717) is 13.1 Å². The topological polar surface area (TPSA) is 52.0 Å². The second kappa shape index (κ2) is 15.7. The molecule has 0 unspecified atom stereocenters. The predicted octanol–water partition coefficient (Wildman–Crippen LogP) is 0.539. The Balaban J connectivity index is 0. The van der Waals surface area contributed by atoms with E-state index in [1.165, 1.54) is 0 Å². The Labute approximate surface area is 56.2 Å². The molecule has 0 rings (SSSR count). The predicted molar refractivity (Wildman–Crippen MR) is 39.1 cm³/mol. The first-order chi connectivity index (χ1) is 3.83. The summed E-state index contributed by atoms with van der Waals surface area (Å²) in [6, 6.07) is 0. The van der Waals surface area contributed by atoms with E-state index in [9.17, 15) is 0 Å². The minimum Gasteiger partial charge on any atom is -0.329 e. The lowest BCUT2D eigenvalue weighted by molar-refractivity contribution is 0.976. The van der Waals surface area contributed by atoms with Crippen molar-refractivity contribution in [3.63, 3.8) is 0 Å². The van der Waals surface area contributed by atoms with Gasteiger partial charge in [0.2, 0.25) is 0 Å². The third kappa shape index (κ3) is 34.5. The maximum absolute atomic E-state index is 5.19. The molecule has 0 spiro atoms.